The first-order valence-electron chi connectivity index (χ1n) is 6.81. The van der Waals surface area contributed by atoms with Crippen LogP contribution in [0.3, 0.4) is 0 Å². The zero-order valence-electron chi connectivity index (χ0n) is 11.7. The highest BCUT2D eigenvalue weighted by Gasteiger charge is 2.13. The minimum Gasteiger partial charge on any atom is -0.478 e. The maximum Gasteiger partial charge on any atom is 0.335 e. The van der Waals surface area contributed by atoms with Gasteiger partial charge in [0.05, 0.1) is 11.3 Å². The Morgan fingerprint density at radius 1 is 1.17 bits per heavy atom. The summed E-state index contributed by atoms with van der Waals surface area (Å²) in [6.07, 6.45) is 1.44. The predicted molar refractivity (Wildman–Crippen MR) is 86.9 cm³/mol. The lowest BCUT2D eigenvalue weighted by Gasteiger charge is -2.07. The Bertz CT molecular complexity index is 1010. The second kappa shape index (κ2) is 5.29. The van der Waals surface area contributed by atoms with E-state index < -0.39 is 5.97 Å². The van der Waals surface area contributed by atoms with Gasteiger partial charge in [0.1, 0.15) is 6.33 Å². The van der Waals surface area contributed by atoms with Crippen LogP contribution in [0.5, 0.6) is 0 Å². The molecule has 0 aliphatic carbocycles. The van der Waals surface area contributed by atoms with Gasteiger partial charge in [0.25, 0.3) is 0 Å². The van der Waals surface area contributed by atoms with E-state index >= 15 is 0 Å². The molecule has 0 amide bonds. The van der Waals surface area contributed by atoms with E-state index in [2.05, 4.69) is 15.5 Å². The van der Waals surface area contributed by atoms with Crippen LogP contribution in [0.1, 0.15) is 10.4 Å². The van der Waals surface area contributed by atoms with Crippen LogP contribution in [0.15, 0.2) is 54.2 Å². The minimum atomic E-state index is -0.985. The molecule has 0 fully saturated rings. The third-order valence-electron chi connectivity index (χ3n) is 3.57. The van der Waals surface area contributed by atoms with E-state index in [1.165, 1.54) is 11.0 Å². The van der Waals surface area contributed by atoms with Crippen LogP contribution in [-0.2, 0) is 0 Å². The van der Waals surface area contributed by atoms with Gasteiger partial charge in [0, 0.05) is 15.6 Å². The van der Waals surface area contributed by atoms with Gasteiger partial charge in [-0.2, -0.15) is 0 Å². The zero-order chi connectivity index (χ0) is 15.8. The fraction of sp³-hybridized carbons (Fsp3) is 0. The molecule has 4 rings (SSSR count). The van der Waals surface area contributed by atoms with Crippen LogP contribution < -0.4 is 0 Å². The van der Waals surface area contributed by atoms with Gasteiger partial charge in [-0.1, -0.05) is 18.2 Å². The Morgan fingerprint density at radius 3 is 2.83 bits per heavy atom. The number of fused-ring (bicyclic) bond motifs is 1. The molecule has 0 spiro atoms. The van der Waals surface area contributed by atoms with Gasteiger partial charge in [-0.25, -0.2) is 9.48 Å². The Labute approximate surface area is 134 Å². The molecule has 4 aromatic rings. The van der Waals surface area contributed by atoms with Gasteiger partial charge < -0.3 is 5.11 Å². The van der Waals surface area contributed by atoms with E-state index in [0.717, 1.165) is 21.2 Å². The lowest BCUT2D eigenvalue weighted by atomic mass is 10.0. The number of aromatic nitrogens is 4. The standard InChI is InChI=1S/C16H10N4O2S/c21-16(22)11-5-10(6-12(7-11)20-9-17-18-19-20)14-8-23-15-4-2-1-3-13(14)15/h1-9H,(H,21,22). The monoisotopic (exact) mass is 322 g/mol. The van der Waals surface area contributed by atoms with Crippen molar-refractivity contribution in [3.8, 4) is 16.8 Å². The Morgan fingerprint density at radius 2 is 2.04 bits per heavy atom. The molecule has 0 aliphatic heterocycles. The molecule has 0 saturated carbocycles. The van der Waals surface area contributed by atoms with Crippen molar-refractivity contribution >= 4 is 27.4 Å². The van der Waals surface area contributed by atoms with Crippen molar-refractivity contribution in [3.63, 3.8) is 0 Å². The summed E-state index contributed by atoms with van der Waals surface area (Å²) in [6.45, 7) is 0. The van der Waals surface area contributed by atoms with Gasteiger partial charge in [-0.15, -0.1) is 16.4 Å². The topological polar surface area (TPSA) is 80.9 Å². The van der Waals surface area contributed by atoms with Crippen LogP contribution in [0.4, 0.5) is 0 Å². The molecule has 0 aliphatic rings. The highest BCUT2D eigenvalue weighted by Crippen LogP contribution is 2.35. The molecule has 7 heteroatoms. The number of nitrogens with zero attached hydrogens (tertiary/aromatic N) is 4. The molecule has 1 N–H and O–H groups in total. The Hall–Kier alpha value is -3.06. The summed E-state index contributed by atoms with van der Waals surface area (Å²) < 4.78 is 2.61. The number of hydrogen-bond donors (Lipinski definition) is 1. The molecule has 6 nitrogen and oxygen atoms in total. The number of rotatable bonds is 3. The van der Waals surface area contributed by atoms with E-state index in [-0.39, 0.29) is 5.56 Å². The highest BCUT2D eigenvalue weighted by atomic mass is 32.1. The third kappa shape index (κ3) is 2.36. The second-order valence-corrected chi connectivity index (χ2v) is 5.88. The SMILES string of the molecule is O=C(O)c1cc(-c2csc3ccccc23)cc(-n2cnnn2)c1. The summed E-state index contributed by atoms with van der Waals surface area (Å²) in [7, 11) is 0. The van der Waals surface area contributed by atoms with E-state index in [4.69, 9.17) is 0 Å². The minimum absolute atomic E-state index is 0.197. The van der Waals surface area contributed by atoms with E-state index in [1.54, 1.807) is 23.5 Å². The van der Waals surface area contributed by atoms with Crippen molar-refractivity contribution in [1.29, 1.82) is 0 Å². The summed E-state index contributed by atoms with van der Waals surface area (Å²) in [5, 5.41) is 23.6. The molecule has 23 heavy (non-hydrogen) atoms. The van der Waals surface area contributed by atoms with Gasteiger partial charge in [0.15, 0.2) is 0 Å². The molecule has 2 aromatic carbocycles. The number of carbonyl (C=O) groups is 1. The quantitative estimate of drug-likeness (QED) is 0.626. The number of thiophene rings is 1. The normalized spacial score (nSPS) is 11.0. The largest absolute Gasteiger partial charge is 0.478 e. The van der Waals surface area contributed by atoms with Crippen LogP contribution in [0, 0.1) is 0 Å². The van der Waals surface area contributed by atoms with Crippen LogP contribution in [-0.4, -0.2) is 31.3 Å². The number of hydrogen-bond acceptors (Lipinski definition) is 5. The maximum atomic E-state index is 11.4. The Kier molecular flexibility index (Phi) is 3.13. The number of carboxylic acids is 1. The highest BCUT2D eigenvalue weighted by molar-refractivity contribution is 7.17. The number of carboxylic acid groups (broad SMARTS) is 1. The molecule has 0 saturated heterocycles. The molecule has 112 valence electrons. The fourth-order valence-corrected chi connectivity index (χ4v) is 3.47. The molecule has 2 aromatic heterocycles. The molecular weight excluding hydrogens is 312 g/mol. The van der Waals surface area contributed by atoms with Crippen molar-refractivity contribution in [2.75, 3.05) is 0 Å². The van der Waals surface area contributed by atoms with Crippen LogP contribution in [0.25, 0.3) is 26.9 Å². The summed E-state index contributed by atoms with van der Waals surface area (Å²) in [5.41, 5.74) is 2.64. The zero-order valence-corrected chi connectivity index (χ0v) is 12.6. The molecule has 0 atom stereocenters. The summed E-state index contributed by atoms with van der Waals surface area (Å²) in [5.74, 6) is -0.985. The van der Waals surface area contributed by atoms with Crippen molar-refractivity contribution in [2.45, 2.75) is 0 Å². The summed E-state index contributed by atoms with van der Waals surface area (Å²) in [4.78, 5) is 11.4. The first-order valence-corrected chi connectivity index (χ1v) is 7.69. The van der Waals surface area contributed by atoms with E-state index in [1.807, 2.05) is 35.7 Å². The van der Waals surface area contributed by atoms with Gasteiger partial charge >= 0.3 is 5.97 Å². The molecule has 0 radical (unpaired) electrons. The van der Waals surface area contributed by atoms with Gasteiger partial charge in [-0.05, 0) is 45.6 Å². The average Bonchev–Trinajstić information content (AvgIpc) is 3.24. The molecule has 0 bridgehead atoms. The number of benzene rings is 2. The van der Waals surface area contributed by atoms with Crippen molar-refractivity contribution in [3.05, 3.63) is 59.7 Å². The average molecular weight is 322 g/mol. The number of tetrazole rings is 1. The second-order valence-electron chi connectivity index (χ2n) is 4.97. The van der Waals surface area contributed by atoms with Crippen molar-refractivity contribution < 1.29 is 9.90 Å². The van der Waals surface area contributed by atoms with Gasteiger partial charge in [-0.3, -0.25) is 0 Å². The smallest absolute Gasteiger partial charge is 0.335 e. The van der Waals surface area contributed by atoms with Crippen molar-refractivity contribution in [2.24, 2.45) is 0 Å². The fourth-order valence-electron chi connectivity index (χ4n) is 2.50. The first-order chi connectivity index (χ1) is 11.2. The maximum absolute atomic E-state index is 11.4. The first kappa shape index (κ1) is 13.6. The molecule has 0 unspecified atom stereocenters. The van der Waals surface area contributed by atoms with Gasteiger partial charge in [0.2, 0.25) is 0 Å². The van der Waals surface area contributed by atoms with Crippen LogP contribution >= 0.6 is 11.3 Å². The third-order valence-corrected chi connectivity index (χ3v) is 4.53. The lowest BCUT2D eigenvalue weighted by molar-refractivity contribution is 0.0697. The Balaban J connectivity index is 1.96. The predicted octanol–water partition coefficient (Wildman–Crippen LogP) is 3.24. The molecular formula is C16H10N4O2S. The summed E-state index contributed by atoms with van der Waals surface area (Å²) in [6, 6.07) is 13.2. The van der Waals surface area contributed by atoms with E-state index in [9.17, 15) is 9.90 Å². The van der Waals surface area contributed by atoms with E-state index in [0.29, 0.717) is 5.69 Å². The summed E-state index contributed by atoms with van der Waals surface area (Å²) >= 11 is 1.63. The number of aromatic carboxylic acids is 1. The lowest BCUT2D eigenvalue weighted by Crippen LogP contribution is -2.02. The van der Waals surface area contributed by atoms with Crippen LogP contribution in [0.2, 0.25) is 0 Å². The van der Waals surface area contributed by atoms with Crippen molar-refractivity contribution in [1.82, 2.24) is 20.2 Å². The molecule has 2 heterocycles.